The van der Waals surface area contributed by atoms with Crippen LogP contribution in [0.2, 0.25) is 10.0 Å². The molecule has 4 aromatic rings. The summed E-state index contributed by atoms with van der Waals surface area (Å²) in [6, 6.07) is 7.39. The second kappa shape index (κ2) is 13.8. The summed E-state index contributed by atoms with van der Waals surface area (Å²) >= 11 is 12.5. The molecule has 1 aromatic carbocycles. The number of nitrogens with one attached hydrogen (secondary N) is 2. The predicted molar refractivity (Wildman–Crippen MR) is 175 cm³/mol. The Kier molecular flexibility index (Phi) is 10.3. The average molecular weight is 673 g/mol. The van der Waals surface area contributed by atoms with Gasteiger partial charge in [0.2, 0.25) is 11.8 Å². The number of ether oxygens (including phenoxy) is 2. The van der Waals surface area contributed by atoms with E-state index in [0.29, 0.717) is 26.9 Å². The number of carbonyl (C=O) groups excluding carboxylic acids is 1. The number of carbonyl (C=O) groups is 2. The molecule has 0 amide bonds. The molecule has 3 aromatic heterocycles. The smallest absolute Gasteiger partial charge is 0.356 e. The van der Waals surface area contributed by atoms with E-state index >= 15 is 0 Å². The molecule has 1 atom stereocenters. The van der Waals surface area contributed by atoms with Crippen molar-refractivity contribution in [2.45, 2.75) is 52.2 Å². The van der Waals surface area contributed by atoms with Crippen LogP contribution in [-0.4, -0.2) is 60.6 Å². The first kappa shape index (κ1) is 34.3. The molecule has 0 aliphatic carbocycles. The van der Waals surface area contributed by atoms with Gasteiger partial charge in [0.1, 0.15) is 23.5 Å². The molecule has 4 rings (SSSR count). The molecule has 15 heteroatoms. The maximum Gasteiger partial charge on any atom is 0.356 e. The molecule has 3 N–H and O–H groups in total. The Balaban J connectivity index is 1.89. The van der Waals surface area contributed by atoms with Crippen molar-refractivity contribution in [3.05, 3.63) is 85.6 Å². The highest BCUT2D eigenvalue weighted by atomic mass is 35.5. The standard InChI is InChI=1S/C31H35Cl2N7O6/c1-16(2)26-23(24(17-8-10-18(32)11-9-17)36-20-12-19(33)15-39(6)28(20)42)25(29(43)44)38-40(26)21-13-34-30(37-27(21)45-7)35-14-22(41)46-31(3,4)5/h8-13,15-16,24,36H,14H2,1-7H3,(H,43,44)(H,34,35,37). The van der Waals surface area contributed by atoms with Crippen molar-refractivity contribution in [3.63, 3.8) is 0 Å². The summed E-state index contributed by atoms with van der Waals surface area (Å²) in [5.74, 6) is -1.95. The van der Waals surface area contributed by atoms with Crippen LogP contribution in [0.4, 0.5) is 11.6 Å². The van der Waals surface area contributed by atoms with Crippen LogP contribution in [0.15, 0.2) is 47.5 Å². The number of anilines is 2. The zero-order valence-electron chi connectivity index (χ0n) is 26.4. The van der Waals surface area contributed by atoms with E-state index in [0.717, 1.165) is 0 Å². The largest absolute Gasteiger partial charge is 0.479 e. The molecule has 0 saturated heterocycles. The van der Waals surface area contributed by atoms with Crippen LogP contribution in [-0.2, 0) is 16.6 Å². The number of carboxylic acids is 1. The summed E-state index contributed by atoms with van der Waals surface area (Å²) in [5, 5.41) is 21.7. The number of rotatable bonds is 11. The van der Waals surface area contributed by atoms with E-state index in [4.69, 9.17) is 32.7 Å². The van der Waals surface area contributed by atoms with E-state index in [1.807, 2.05) is 13.8 Å². The summed E-state index contributed by atoms with van der Waals surface area (Å²) in [6.45, 7) is 8.85. The van der Waals surface area contributed by atoms with Gasteiger partial charge in [0.15, 0.2) is 5.69 Å². The van der Waals surface area contributed by atoms with Gasteiger partial charge in [0.05, 0.1) is 30.1 Å². The summed E-state index contributed by atoms with van der Waals surface area (Å²) in [4.78, 5) is 46.8. The number of hydrogen-bond acceptors (Lipinski definition) is 10. The number of methoxy groups -OCH3 is 1. The minimum Gasteiger partial charge on any atom is -0.479 e. The van der Waals surface area contributed by atoms with Crippen molar-refractivity contribution in [2.24, 2.45) is 7.05 Å². The third kappa shape index (κ3) is 7.77. The monoisotopic (exact) mass is 671 g/mol. The van der Waals surface area contributed by atoms with Gasteiger partial charge in [-0.25, -0.2) is 14.5 Å². The number of aryl methyl sites for hydroxylation is 1. The van der Waals surface area contributed by atoms with E-state index in [1.54, 1.807) is 52.1 Å². The molecule has 1 unspecified atom stereocenters. The van der Waals surface area contributed by atoms with Crippen LogP contribution in [0, 0.1) is 0 Å². The fraction of sp³-hybridized carbons (Fsp3) is 0.355. The summed E-state index contributed by atoms with van der Waals surface area (Å²) in [6.07, 6.45) is 2.89. The van der Waals surface area contributed by atoms with Crippen molar-refractivity contribution in [3.8, 4) is 11.6 Å². The van der Waals surface area contributed by atoms with Crippen LogP contribution < -0.4 is 20.9 Å². The number of benzene rings is 1. The Bertz CT molecular complexity index is 1810. The molecule has 13 nitrogen and oxygen atoms in total. The van der Waals surface area contributed by atoms with E-state index in [1.165, 1.54) is 34.8 Å². The van der Waals surface area contributed by atoms with Crippen LogP contribution in [0.25, 0.3) is 5.69 Å². The number of nitrogens with zero attached hydrogens (tertiary/aromatic N) is 5. The van der Waals surface area contributed by atoms with Gasteiger partial charge < -0.3 is 29.8 Å². The Morgan fingerprint density at radius 2 is 1.78 bits per heavy atom. The maximum atomic E-state index is 13.1. The van der Waals surface area contributed by atoms with Gasteiger partial charge in [-0.15, -0.1) is 0 Å². The lowest BCUT2D eigenvalue weighted by atomic mass is 9.92. The highest BCUT2D eigenvalue weighted by Gasteiger charge is 2.33. The Hall–Kier alpha value is -4.62. The van der Waals surface area contributed by atoms with Gasteiger partial charge in [0, 0.05) is 23.8 Å². The lowest BCUT2D eigenvalue weighted by molar-refractivity contribution is -0.152. The quantitative estimate of drug-likeness (QED) is 0.174. The van der Waals surface area contributed by atoms with Gasteiger partial charge in [-0.3, -0.25) is 9.59 Å². The van der Waals surface area contributed by atoms with E-state index in [9.17, 15) is 19.5 Å². The molecule has 244 valence electrons. The van der Waals surface area contributed by atoms with Gasteiger partial charge in [0.25, 0.3) is 5.56 Å². The highest BCUT2D eigenvalue weighted by Crippen LogP contribution is 2.38. The minimum absolute atomic E-state index is 0.0642. The van der Waals surface area contributed by atoms with Crippen molar-refractivity contribution >= 4 is 46.8 Å². The van der Waals surface area contributed by atoms with Gasteiger partial charge in [-0.1, -0.05) is 49.2 Å². The summed E-state index contributed by atoms with van der Waals surface area (Å²) in [5.41, 5.74) is 0.479. The molecule has 0 aliphatic rings. The number of aromatic carboxylic acids is 1. The molecule has 0 radical (unpaired) electrons. The van der Waals surface area contributed by atoms with E-state index < -0.39 is 23.6 Å². The molecule has 46 heavy (non-hydrogen) atoms. The van der Waals surface area contributed by atoms with Crippen molar-refractivity contribution in [1.82, 2.24) is 24.3 Å². The number of pyridine rings is 1. The van der Waals surface area contributed by atoms with Crippen LogP contribution in [0.3, 0.4) is 0 Å². The normalized spacial score (nSPS) is 12.1. The van der Waals surface area contributed by atoms with Gasteiger partial charge in [-0.05, 0) is 50.5 Å². The maximum absolute atomic E-state index is 13.1. The number of carboxylic acid groups (broad SMARTS) is 1. The molecule has 0 aliphatic heterocycles. The Labute approximate surface area is 275 Å². The number of esters is 1. The second-order valence-electron chi connectivity index (χ2n) is 11.7. The predicted octanol–water partition coefficient (Wildman–Crippen LogP) is 5.45. The summed E-state index contributed by atoms with van der Waals surface area (Å²) < 4.78 is 13.6. The second-order valence-corrected chi connectivity index (χ2v) is 12.5. The summed E-state index contributed by atoms with van der Waals surface area (Å²) in [7, 11) is 2.96. The Morgan fingerprint density at radius 3 is 2.37 bits per heavy atom. The first-order chi connectivity index (χ1) is 21.6. The highest BCUT2D eigenvalue weighted by molar-refractivity contribution is 6.31. The lowest BCUT2D eigenvalue weighted by Crippen LogP contribution is -2.28. The first-order valence-corrected chi connectivity index (χ1v) is 15.0. The van der Waals surface area contributed by atoms with Crippen LogP contribution in [0.5, 0.6) is 5.88 Å². The SMILES string of the molecule is COc1nc(NCC(=O)OC(C)(C)C)ncc1-n1nc(C(=O)O)c(C(Nc2cc(Cl)cn(C)c2=O)c2ccc(Cl)cc2)c1C(C)C. The number of hydrogen-bond donors (Lipinski definition) is 3. The molecular formula is C31H35Cl2N7O6. The fourth-order valence-electron chi connectivity index (χ4n) is 4.80. The van der Waals surface area contributed by atoms with Crippen LogP contribution >= 0.6 is 23.2 Å². The van der Waals surface area contributed by atoms with Crippen molar-refractivity contribution in [1.29, 1.82) is 0 Å². The number of halogens is 2. The third-order valence-electron chi connectivity index (χ3n) is 6.62. The Morgan fingerprint density at radius 1 is 1.11 bits per heavy atom. The minimum atomic E-state index is -1.30. The van der Waals surface area contributed by atoms with Crippen LogP contribution in [0.1, 0.15) is 73.9 Å². The molecule has 0 saturated carbocycles. The fourth-order valence-corrected chi connectivity index (χ4v) is 5.18. The van der Waals surface area contributed by atoms with E-state index in [2.05, 4.69) is 25.7 Å². The molecule has 0 spiro atoms. The lowest BCUT2D eigenvalue weighted by Gasteiger charge is -2.24. The van der Waals surface area contributed by atoms with E-state index in [-0.39, 0.29) is 46.9 Å². The zero-order chi connectivity index (χ0) is 33.9. The van der Waals surface area contributed by atoms with Crippen molar-refractivity contribution < 1.29 is 24.2 Å². The zero-order valence-corrected chi connectivity index (χ0v) is 27.9. The first-order valence-electron chi connectivity index (χ1n) is 14.2. The molecule has 0 bridgehead atoms. The third-order valence-corrected chi connectivity index (χ3v) is 7.08. The van der Waals surface area contributed by atoms with Crippen molar-refractivity contribution in [2.75, 3.05) is 24.3 Å². The molecule has 0 fully saturated rings. The topological polar surface area (TPSA) is 162 Å². The average Bonchev–Trinajstić information content (AvgIpc) is 3.37. The molecule has 3 heterocycles. The number of aromatic nitrogens is 5. The van der Waals surface area contributed by atoms with Gasteiger partial charge in [-0.2, -0.15) is 10.1 Å². The van der Waals surface area contributed by atoms with Gasteiger partial charge >= 0.3 is 11.9 Å². The molecular weight excluding hydrogens is 637 g/mol.